The largest absolute Gasteiger partial charge is 0.383 e. The molecule has 1 aromatic heterocycles. The van der Waals surface area contributed by atoms with Crippen LogP contribution in [0.4, 0.5) is 0 Å². The van der Waals surface area contributed by atoms with E-state index in [1.54, 1.807) is 13.2 Å². The van der Waals surface area contributed by atoms with E-state index in [1.165, 1.54) is 11.3 Å². The number of hydrogen-bond acceptors (Lipinski definition) is 5. The van der Waals surface area contributed by atoms with Gasteiger partial charge in [0.2, 0.25) is 10.0 Å². The van der Waals surface area contributed by atoms with Crippen LogP contribution < -0.4 is 10.0 Å². The summed E-state index contributed by atoms with van der Waals surface area (Å²) >= 11 is 1.33. The van der Waals surface area contributed by atoms with Gasteiger partial charge in [0.05, 0.1) is 6.61 Å². The normalized spacial score (nSPS) is 13.8. The summed E-state index contributed by atoms with van der Waals surface area (Å²) in [4.78, 5) is 1.06. The second-order valence-electron chi connectivity index (χ2n) is 5.39. The highest BCUT2D eigenvalue weighted by Gasteiger charge is 2.22. The minimum atomic E-state index is -3.47. The number of hydrogen-bond donors (Lipinski definition) is 2. The Kier molecular flexibility index (Phi) is 7.29. The lowest BCUT2D eigenvalue weighted by atomic mass is 10.3. The number of aryl methyl sites for hydroxylation is 1. The second kappa shape index (κ2) is 8.24. The Labute approximate surface area is 132 Å². The van der Waals surface area contributed by atoms with Crippen LogP contribution in [0.5, 0.6) is 0 Å². The van der Waals surface area contributed by atoms with E-state index in [-0.39, 0.29) is 6.04 Å². The van der Waals surface area contributed by atoms with E-state index in [2.05, 4.69) is 23.9 Å². The van der Waals surface area contributed by atoms with Crippen molar-refractivity contribution in [1.82, 2.24) is 10.0 Å². The zero-order valence-corrected chi connectivity index (χ0v) is 15.0. The highest BCUT2D eigenvalue weighted by Crippen LogP contribution is 2.26. The van der Waals surface area contributed by atoms with Crippen LogP contribution in [0.3, 0.4) is 0 Å². The molecule has 1 unspecified atom stereocenters. The van der Waals surface area contributed by atoms with E-state index in [1.807, 2.05) is 13.8 Å². The van der Waals surface area contributed by atoms with Crippen molar-refractivity contribution in [2.45, 2.75) is 57.0 Å². The van der Waals surface area contributed by atoms with E-state index in [9.17, 15) is 8.42 Å². The molecule has 21 heavy (non-hydrogen) atoms. The van der Waals surface area contributed by atoms with Gasteiger partial charge in [0.15, 0.2) is 0 Å². The van der Waals surface area contributed by atoms with Crippen LogP contribution in [-0.4, -0.2) is 34.2 Å². The first-order chi connectivity index (χ1) is 9.80. The van der Waals surface area contributed by atoms with Gasteiger partial charge in [-0.05, 0) is 25.0 Å². The number of thiophene rings is 1. The average molecular weight is 335 g/mol. The van der Waals surface area contributed by atoms with Crippen LogP contribution in [0.25, 0.3) is 0 Å². The van der Waals surface area contributed by atoms with Gasteiger partial charge in [-0.1, -0.05) is 20.8 Å². The molecule has 0 aliphatic carbocycles. The Balaban J connectivity index is 2.86. The summed E-state index contributed by atoms with van der Waals surface area (Å²) in [5.74, 6) is 0. The zero-order chi connectivity index (χ0) is 16.0. The maximum atomic E-state index is 12.4. The van der Waals surface area contributed by atoms with Crippen LogP contribution in [0.1, 0.15) is 37.6 Å². The van der Waals surface area contributed by atoms with E-state index in [4.69, 9.17) is 4.74 Å². The fraction of sp³-hybridized carbons (Fsp3) is 0.714. The summed E-state index contributed by atoms with van der Waals surface area (Å²) in [6.07, 6.45) is 0.694. The molecule has 2 N–H and O–H groups in total. The predicted molar refractivity (Wildman–Crippen MR) is 87.3 cm³/mol. The first kappa shape index (κ1) is 18.6. The fourth-order valence-corrected chi connectivity index (χ4v) is 4.67. The number of rotatable bonds is 9. The van der Waals surface area contributed by atoms with Crippen molar-refractivity contribution in [3.63, 3.8) is 0 Å². The monoisotopic (exact) mass is 334 g/mol. The molecule has 0 aromatic carbocycles. The molecular formula is C14H26N2O3S2. The smallest absolute Gasteiger partial charge is 0.250 e. The van der Waals surface area contributed by atoms with E-state index in [0.717, 1.165) is 10.4 Å². The van der Waals surface area contributed by atoms with E-state index >= 15 is 0 Å². The summed E-state index contributed by atoms with van der Waals surface area (Å²) < 4.78 is 32.9. The van der Waals surface area contributed by atoms with Gasteiger partial charge in [-0.3, -0.25) is 0 Å². The molecule has 1 atom stereocenters. The Morgan fingerprint density at radius 2 is 2.05 bits per heavy atom. The quantitative estimate of drug-likeness (QED) is 0.727. The Bertz CT molecular complexity index is 538. The lowest BCUT2D eigenvalue weighted by Crippen LogP contribution is -2.37. The molecule has 1 aromatic rings. The molecule has 0 bridgehead atoms. The third-order valence-electron chi connectivity index (χ3n) is 3.12. The molecule has 0 fully saturated rings. The maximum absolute atomic E-state index is 12.4. The van der Waals surface area contributed by atoms with Crippen molar-refractivity contribution >= 4 is 21.4 Å². The van der Waals surface area contributed by atoms with Crippen LogP contribution in [0, 0.1) is 6.92 Å². The Morgan fingerprint density at radius 1 is 1.38 bits per heavy atom. The third-order valence-corrected chi connectivity index (χ3v) is 6.35. The molecule has 1 rings (SSSR count). The fourth-order valence-electron chi connectivity index (χ4n) is 1.81. The van der Waals surface area contributed by atoms with Gasteiger partial charge in [0.25, 0.3) is 0 Å². The van der Waals surface area contributed by atoms with Crippen LogP contribution in [-0.2, 0) is 21.3 Å². The van der Waals surface area contributed by atoms with Crippen molar-refractivity contribution in [3.8, 4) is 0 Å². The van der Waals surface area contributed by atoms with Crippen molar-refractivity contribution < 1.29 is 13.2 Å². The third kappa shape index (κ3) is 5.67. The molecule has 0 saturated carbocycles. The van der Waals surface area contributed by atoms with Gasteiger partial charge in [0.1, 0.15) is 4.21 Å². The van der Waals surface area contributed by atoms with E-state index < -0.39 is 10.0 Å². The standard InChI is InChI=1S/C14H26N2O3S2/c1-6-12(9-19-5)16-21(17,18)14-7-11(4)13(20-14)8-15-10(2)3/h7,10,12,15-16H,6,8-9H2,1-5H3. The molecular weight excluding hydrogens is 308 g/mol. The van der Waals surface area contributed by atoms with Gasteiger partial charge >= 0.3 is 0 Å². The average Bonchev–Trinajstić information content (AvgIpc) is 2.78. The number of nitrogens with one attached hydrogen (secondary N) is 2. The summed E-state index contributed by atoms with van der Waals surface area (Å²) in [7, 11) is -1.90. The molecule has 0 saturated heterocycles. The van der Waals surface area contributed by atoms with Crippen LogP contribution in [0.2, 0.25) is 0 Å². The Hall–Kier alpha value is -0.470. The highest BCUT2D eigenvalue weighted by atomic mass is 32.2. The molecule has 0 radical (unpaired) electrons. The molecule has 0 amide bonds. The number of ether oxygens (including phenoxy) is 1. The van der Waals surface area contributed by atoms with Crippen molar-refractivity contribution in [3.05, 3.63) is 16.5 Å². The van der Waals surface area contributed by atoms with Crippen molar-refractivity contribution in [2.75, 3.05) is 13.7 Å². The summed E-state index contributed by atoms with van der Waals surface area (Å²) in [5, 5.41) is 3.31. The van der Waals surface area contributed by atoms with Gasteiger partial charge < -0.3 is 10.1 Å². The summed E-state index contributed by atoms with van der Waals surface area (Å²) in [6, 6.07) is 1.92. The minimum absolute atomic E-state index is 0.195. The maximum Gasteiger partial charge on any atom is 0.250 e. The summed E-state index contributed by atoms with van der Waals surface area (Å²) in [5.41, 5.74) is 1.01. The van der Waals surface area contributed by atoms with Gasteiger partial charge in [-0.15, -0.1) is 11.3 Å². The molecule has 0 spiro atoms. The molecule has 0 aliphatic rings. The van der Waals surface area contributed by atoms with Gasteiger partial charge in [0, 0.05) is 30.6 Å². The Morgan fingerprint density at radius 3 is 2.57 bits per heavy atom. The number of methoxy groups -OCH3 is 1. The molecule has 5 nitrogen and oxygen atoms in total. The van der Waals surface area contributed by atoms with Crippen LogP contribution >= 0.6 is 11.3 Å². The lowest BCUT2D eigenvalue weighted by Gasteiger charge is -2.15. The van der Waals surface area contributed by atoms with Gasteiger partial charge in [-0.2, -0.15) is 0 Å². The van der Waals surface area contributed by atoms with E-state index in [0.29, 0.717) is 29.8 Å². The molecule has 0 aliphatic heterocycles. The highest BCUT2D eigenvalue weighted by molar-refractivity contribution is 7.91. The van der Waals surface area contributed by atoms with Crippen molar-refractivity contribution in [1.29, 1.82) is 0 Å². The SMILES string of the molecule is CCC(COC)NS(=O)(=O)c1cc(C)c(CNC(C)C)s1. The first-order valence-corrected chi connectivity index (χ1v) is 9.44. The molecule has 1 heterocycles. The number of sulfonamides is 1. The van der Waals surface area contributed by atoms with Crippen molar-refractivity contribution in [2.24, 2.45) is 0 Å². The molecule has 7 heteroatoms. The zero-order valence-electron chi connectivity index (χ0n) is 13.4. The van der Waals surface area contributed by atoms with Gasteiger partial charge in [-0.25, -0.2) is 13.1 Å². The second-order valence-corrected chi connectivity index (χ2v) is 8.47. The van der Waals surface area contributed by atoms with Crippen LogP contribution in [0.15, 0.2) is 10.3 Å². The predicted octanol–water partition coefficient (Wildman–Crippen LogP) is 2.26. The topological polar surface area (TPSA) is 67.4 Å². The molecule has 122 valence electrons. The lowest BCUT2D eigenvalue weighted by molar-refractivity contribution is 0.173. The summed E-state index contributed by atoms with van der Waals surface area (Å²) in [6.45, 7) is 9.08. The first-order valence-electron chi connectivity index (χ1n) is 7.14. The minimum Gasteiger partial charge on any atom is -0.383 e.